The topological polar surface area (TPSA) is 78.9 Å². The van der Waals surface area contributed by atoms with E-state index in [1.165, 1.54) is 6.92 Å². The highest BCUT2D eigenvalue weighted by Gasteiger charge is 2.57. The van der Waals surface area contributed by atoms with Gasteiger partial charge in [0.05, 0.1) is 5.60 Å². The summed E-state index contributed by atoms with van der Waals surface area (Å²) in [5, 5.41) is 17.5. The summed E-state index contributed by atoms with van der Waals surface area (Å²) in [5.74, 6) is -0.0125. The van der Waals surface area contributed by atoms with Gasteiger partial charge in [0.25, 0.3) is 5.91 Å². The highest BCUT2D eigenvalue weighted by Crippen LogP contribution is 2.52. The van der Waals surface area contributed by atoms with E-state index < -0.39 is 11.0 Å². The lowest BCUT2D eigenvalue weighted by Crippen LogP contribution is -2.67. The second-order valence-corrected chi connectivity index (χ2v) is 10.5. The number of piperidine rings is 1. The van der Waals surface area contributed by atoms with Gasteiger partial charge in [-0.15, -0.1) is 6.58 Å². The smallest absolute Gasteiger partial charge is 0.308 e. The molecule has 2 fully saturated rings. The quantitative estimate of drug-likeness (QED) is 0.295. The zero-order valence-electron chi connectivity index (χ0n) is 21.3. The fraction of sp³-hybridized carbons (Fsp3) is 0.355. The minimum Gasteiger partial charge on any atom is -0.427 e. The number of likely N-dealkylation sites (tertiary alicyclic amines) is 1. The second kappa shape index (κ2) is 10.1. The lowest BCUT2D eigenvalue weighted by molar-refractivity contribution is -0.131. The van der Waals surface area contributed by atoms with Crippen molar-refractivity contribution in [2.24, 2.45) is 0 Å². The number of nitrogens with one attached hydrogen (secondary N) is 1. The number of ether oxygens (including phenoxy) is 1. The molecular weight excluding hydrogens is 464 g/mol. The average molecular weight is 499 g/mol. The van der Waals surface area contributed by atoms with E-state index in [0.29, 0.717) is 43.7 Å². The number of aliphatic hydroxyl groups is 1. The van der Waals surface area contributed by atoms with Crippen LogP contribution in [0.15, 0.2) is 79.4 Å². The summed E-state index contributed by atoms with van der Waals surface area (Å²) in [6, 6.07) is 21.2. The van der Waals surface area contributed by atoms with E-state index in [1.807, 2.05) is 66.7 Å². The summed E-state index contributed by atoms with van der Waals surface area (Å²) < 4.78 is 5.39. The molecule has 1 aliphatic heterocycles. The largest absolute Gasteiger partial charge is 0.427 e. The van der Waals surface area contributed by atoms with Crippen molar-refractivity contribution < 1.29 is 19.4 Å². The summed E-state index contributed by atoms with van der Waals surface area (Å²) in [7, 11) is 0. The third kappa shape index (κ3) is 4.91. The Kier molecular flexibility index (Phi) is 6.88. The van der Waals surface area contributed by atoms with Gasteiger partial charge in [-0.05, 0) is 72.8 Å². The van der Waals surface area contributed by atoms with E-state index in [9.17, 15) is 14.7 Å². The first-order valence-corrected chi connectivity index (χ1v) is 13.0. The third-order valence-corrected chi connectivity index (χ3v) is 8.11. The summed E-state index contributed by atoms with van der Waals surface area (Å²) in [6.07, 6.45) is 4.44. The number of amides is 1. The number of nitrogens with zero attached hydrogens (tertiary/aromatic N) is 1. The highest BCUT2D eigenvalue weighted by atomic mass is 16.5. The minimum absolute atomic E-state index is 0.0948. The molecule has 3 aromatic rings. The second-order valence-electron chi connectivity index (χ2n) is 10.5. The van der Waals surface area contributed by atoms with Crippen LogP contribution >= 0.6 is 0 Å². The van der Waals surface area contributed by atoms with Crippen LogP contribution in [0.3, 0.4) is 0 Å². The Hall–Kier alpha value is -3.48. The van der Waals surface area contributed by atoms with Gasteiger partial charge in [-0.3, -0.25) is 14.5 Å². The molecule has 0 radical (unpaired) electrons. The van der Waals surface area contributed by atoms with E-state index in [-0.39, 0.29) is 17.9 Å². The molecule has 5 rings (SSSR count). The molecule has 3 aromatic carbocycles. The molecule has 6 nitrogen and oxygen atoms in total. The molecule has 1 amide bonds. The van der Waals surface area contributed by atoms with Crippen molar-refractivity contribution in [1.29, 1.82) is 0 Å². The first kappa shape index (κ1) is 25.2. The van der Waals surface area contributed by atoms with Crippen molar-refractivity contribution in [2.75, 3.05) is 19.6 Å². The van der Waals surface area contributed by atoms with E-state index in [1.54, 1.807) is 6.07 Å². The Bertz CT molecular complexity index is 1340. The predicted molar refractivity (Wildman–Crippen MR) is 145 cm³/mol. The van der Waals surface area contributed by atoms with E-state index in [0.717, 1.165) is 29.3 Å². The van der Waals surface area contributed by atoms with Crippen molar-refractivity contribution in [1.82, 2.24) is 10.2 Å². The maximum Gasteiger partial charge on any atom is 0.308 e. The van der Waals surface area contributed by atoms with Crippen molar-refractivity contribution in [3.63, 3.8) is 0 Å². The van der Waals surface area contributed by atoms with Crippen molar-refractivity contribution in [2.45, 2.75) is 49.7 Å². The van der Waals surface area contributed by atoms with Crippen LogP contribution in [0, 0.1) is 0 Å². The molecular formula is C31H34N2O4. The number of hydrogen-bond donors (Lipinski definition) is 2. The fourth-order valence-corrected chi connectivity index (χ4v) is 6.34. The van der Waals surface area contributed by atoms with Crippen LogP contribution in [0.5, 0.6) is 5.75 Å². The number of carbonyl (C=O) groups excluding carboxylic acids is 2. The minimum atomic E-state index is -0.979. The predicted octanol–water partition coefficient (Wildman–Crippen LogP) is 4.61. The summed E-state index contributed by atoms with van der Waals surface area (Å²) >= 11 is 0. The number of benzene rings is 3. The number of rotatable bonds is 6. The Morgan fingerprint density at radius 2 is 1.92 bits per heavy atom. The van der Waals surface area contributed by atoms with Crippen LogP contribution in [-0.4, -0.2) is 53.2 Å². The van der Waals surface area contributed by atoms with Gasteiger partial charge in [0.1, 0.15) is 5.75 Å². The van der Waals surface area contributed by atoms with Gasteiger partial charge in [0, 0.05) is 37.0 Å². The number of carbonyl (C=O) groups is 2. The SMILES string of the molecule is C=CCN1CCC2(c3cccc(OC(C)=O)c3)CC(NC(=O)c3ccc4ccccc4c3)CCC2(O)C1. The summed E-state index contributed by atoms with van der Waals surface area (Å²) in [6.45, 7) is 7.30. The average Bonchev–Trinajstić information content (AvgIpc) is 2.88. The number of hydrogen-bond acceptors (Lipinski definition) is 5. The van der Waals surface area contributed by atoms with Crippen LogP contribution in [-0.2, 0) is 10.2 Å². The monoisotopic (exact) mass is 498 g/mol. The van der Waals surface area contributed by atoms with Gasteiger partial charge < -0.3 is 15.2 Å². The highest BCUT2D eigenvalue weighted by molar-refractivity contribution is 5.98. The zero-order valence-corrected chi connectivity index (χ0v) is 21.3. The van der Waals surface area contributed by atoms with Crippen molar-refractivity contribution >= 4 is 22.6 Å². The van der Waals surface area contributed by atoms with Crippen LogP contribution < -0.4 is 10.1 Å². The number of fused-ring (bicyclic) bond motifs is 2. The molecule has 3 atom stereocenters. The first-order chi connectivity index (χ1) is 17.8. The molecule has 37 heavy (non-hydrogen) atoms. The Morgan fingerprint density at radius 1 is 1.11 bits per heavy atom. The van der Waals surface area contributed by atoms with Gasteiger partial charge in [-0.2, -0.15) is 0 Å². The molecule has 192 valence electrons. The Morgan fingerprint density at radius 3 is 2.70 bits per heavy atom. The molecule has 0 spiro atoms. The molecule has 1 saturated heterocycles. The molecule has 0 bridgehead atoms. The van der Waals surface area contributed by atoms with Gasteiger partial charge in [0.15, 0.2) is 0 Å². The van der Waals surface area contributed by atoms with Gasteiger partial charge in [-0.25, -0.2) is 0 Å². The standard InChI is InChI=1S/C31H34N2O4/c1-3-16-33-17-15-30(26-9-6-10-28(19-26)37-22(2)34)20-27(13-14-31(30,36)21-33)32-29(35)25-12-11-23-7-4-5-8-24(23)18-25/h3-12,18-19,27,36H,1,13-17,20-21H2,2H3,(H,32,35). The van der Waals surface area contributed by atoms with Gasteiger partial charge in [-0.1, -0.05) is 48.5 Å². The zero-order chi connectivity index (χ0) is 26.0. The Balaban J connectivity index is 1.44. The van der Waals surface area contributed by atoms with E-state index >= 15 is 0 Å². The molecule has 1 heterocycles. The van der Waals surface area contributed by atoms with Crippen LogP contribution in [0.25, 0.3) is 10.8 Å². The fourth-order valence-electron chi connectivity index (χ4n) is 6.34. The third-order valence-electron chi connectivity index (χ3n) is 8.11. The molecule has 1 aliphatic carbocycles. The number of β-amino-alcohol motifs (C(OH)–C–C–N with tert-alkyl or cyclic N) is 1. The number of esters is 1. The molecule has 2 N–H and O–H groups in total. The molecule has 2 aliphatic rings. The normalized spacial score (nSPS) is 25.7. The molecule has 6 heteroatoms. The molecule has 1 saturated carbocycles. The maximum absolute atomic E-state index is 13.3. The van der Waals surface area contributed by atoms with E-state index in [2.05, 4.69) is 16.8 Å². The summed E-state index contributed by atoms with van der Waals surface area (Å²) in [4.78, 5) is 27.1. The van der Waals surface area contributed by atoms with Crippen molar-refractivity contribution in [3.05, 3.63) is 90.5 Å². The first-order valence-electron chi connectivity index (χ1n) is 13.0. The van der Waals surface area contributed by atoms with Crippen LogP contribution in [0.2, 0.25) is 0 Å². The molecule has 3 unspecified atom stereocenters. The van der Waals surface area contributed by atoms with Gasteiger partial charge in [0.2, 0.25) is 0 Å². The van der Waals surface area contributed by atoms with Crippen LogP contribution in [0.1, 0.15) is 48.5 Å². The van der Waals surface area contributed by atoms with E-state index in [4.69, 9.17) is 4.74 Å². The molecule has 0 aromatic heterocycles. The lowest BCUT2D eigenvalue weighted by Gasteiger charge is -2.58. The Labute approximate surface area is 217 Å². The van der Waals surface area contributed by atoms with Gasteiger partial charge >= 0.3 is 5.97 Å². The van der Waals surface area contributed by atoms with Crippen molar-refractivity contribution in [3.8, 4) is 5.75 Å². The summed E-state index contributed by atoms with van der Waals surface area (Å²) in [5.41, 5.74) is 0.0103. The maximum atomic E-state index is 13.3. The lowest BCUT2D eigenvalue weighted by atomic mass is 9.55. The van der Waals surface area contributed by atoms with Crippen LogP contribution in [0.4, 0.5) is 0 Å².